The SMILES string of the molecule is CNC(=O)[C@@H]1CCCN(c2ncnc3nc[nH]c23)C1. The van der Waals surface area contributed by atoms with Gasteiger partial charge in [0, 0.05) is 20.1 Å². The Balaban J connectivity index is 1.89. The Morgan fingerprint density at radius 3 is 3.21 bits per heavy atom. The second kappa shape index (κ2) is 4.83. The molecule has 3 heterocycles. The quantitative estimate of drug-likeness (QED) is 0.811. The summed E-state index contributed by atoms with van der Waals surface area (Å²) < 4.78 is 0. The highest BCUT2D eigenvalue weighted by molar-refractivity contribution is 5.84. The van der Waals surface area contributed by atoms with Crippen LogP contribution in [-0.2, 0) is 4.79 Å². The first-order valence-corrected chi connectivity index (χ1v) is 6.40. The predicted molar refractivity (Wildman–Crippen MR) is 70.7 cm³/mol. The van der Waals surface area contributed by atoms with E-state index in [-0.39, 0.29) is 11.8 Å². The van der Waals surface area contributed by atoms with Gasteiger partial charge >= 0.3 is 0 Å². The molecule has 1 saturated heterocycles. The highest BCUT2D eigenvalue weighted by atomic mass is 16.1. The largest absolute Gasteiger partial charge is 0.359 e. The lowest BCUT2D eigenvalue weighted by Gasteiger charge is -2.32. The number of aromatic amines is 1. The number of aromatic nitrogens is 4. The van der Waals surface area contributed by atoms with Gasteiger partial charge in [0.1, 0.15) is 11.8 Å². The van der Waals surface area contributed by atoms with Crippen molar-refractivity contribution in [3.05, 3.63) is 12.7 Å². The van der Waals surface area contributed by atoms with Gasteiger partial charge in [0.2, 0.25) is 5.91 Å². The highest BCUT2D eigenvalue weighted by Gasteiger charge is 2.27. The Labute approximate surface area is 110 Å². The molecular formula is C12H16N6O. The maximum absolute atomic E-state index is 11.8. The third-order valence-corrected chi connectivity index (χ3v) is 3.54. The van der Waals surface area contributed by atoms with Gasteiger partial charge in [-0.15, -0.1) is 0 Å². The minimum absolute atomic E-state index is 0.0201. The number of hydrogen-bond acceptors (Lipinski definition) is 5. The zero-order valence-corrected chi connectivity index (χ0v) is 10.8. The number of amides is 1. The molecule has 1 aliphatic heterocycles. The molecule has 0 spiro atoms. The first-order chi connectivity index (χ1) is 9.29. The molecule has 19 heavy (non-hydrogen) atoms. The van der Waals surface area contributed by atoms with Gasteiger partial charge in [-0.1, -0.05) is 0 Å². The van der Waals surface area contributed by atoms with Crippen LogP contribution in [0.1, 0.15) is 12.8 Å². The summed E-state index contributed by atoms with van der Waals surface area (Å²) in [5, 5.41) is 2.72. The smallest absolute Gasteiger partial charge is 0.224 e. The lowest BCUT2D eigenvalue weighted by Crippen LogP contribution is -2.42. The molecule has 7 nitrogen and oxygen atoms in total. The van der Waals surface area contributed by atoms with Crippen LogP contribution < -0.4 is 10.2 Å². The Bertz CT molecular complexity index is 595. The van der Waals surface area contributed by atoms with Crippen molar-refractivity contribution in [2.24, 2.45) is 5.92 Å². The van der Waals surface area contributed by atoms with Crippen LogP contribution in [0.4, 0.5) is 5.82 Å². The predicted octanol–water partition coefficient (Wildman–Crippen LogP) is 0.315. The van der Waals surface area contributed by atoms with Crippen LogP contribution in [0, 0.1) is 5.92 Å². The van der Waals surface area contributed by atoms with Crippen molar-refractivity contribution in [3.63, 3.8) is 0 Å². The van der Waals surface area contributed by atoms with Crippen LogP contribution in [0.3, 0.4) is 0 Å². The summed E-state index contributed by atoms with van der Waals surface area (Å²) in [6.45, 7) is 1.59. The summed E-state index contributed by atoms with van der Waals surface area (Å²) in [5.74, 6) is 0.947. The number of carbonyl (C=O) groups excluding carboxylic acids is 1. The number of hydrogen-bond donors (Lipinski definition) is 2. The molecule has 1 atom stereocenters. The average molecular weight is 260 g/mol. The van der Waals surface area contributed by atoms with E-state index in [9.17, 15) is 4.79 Å². The lowest BCUT2D eigenvalue weighted by molar-refractivity contribution is -0.124. The van der Waals surface area contributed by atoms with Gasteiger partial charge in [0.25, 0.3) is 0 Å². The molecule has 2 aromatic heterocycles. The summed E-state index contributed by atoms with van der Waals surface area (Å²) >= 11 is 0. The van der Waals surface area contributed by atoms with Crippen LogP contribution >= 0.6 is 0 Å². The molecule has 0 aliphatic carbocycles. The van der Waals surface area contributed by atoms with Gasteiger partial charge in [0.15, 0.2) is 11.5 Å². The lowest BCUT2D eigenvalue weighted by atomic mass is 9.97. The number of piperidine rings is 1. The van der Waals surface area contributed by atoms with Gasteiger partial charge in [0.05, 0.1) is 12.2 Å². The number of H-pyrrole nitrogens is 1. The fourth-order valence-electron chi connectivity index (χ4n) is 2.58. The summed E-state index contributed by atoms with van der Waals surface area (Å²) in [6.07, 6.45) is 5.04. The number of rotatable bonds is 2. The number of fused-ring (bicyclic) bond motifs is 1. The zero-order chi connectivity index (χ0) is 13.2. The fraction of sp³-hybridized carbons (Fsp3) is 0.500. The molecule has 1 amide bonds. The molecule has 2 aromatic rings. The third-order valence-electron chi connectivity index (χ3n) is 3.54. The Hall–Kier alpha value is -2.18. The van der Waals surface area contributed by atoms with Crippen molar-refractivity contribution < 1.29 is 4.79 Å². The second-order valence-corrected chi connectivity index (χ2v) is 4.70. The van der Waals surface area contributed by atoms with E-state index in [4.69, 9.17) is 0 Å². The fourth-order valence-corrected chi connectivity index (χ4v) is 2.58. The number of carbonyl (C=O) groups is 1. The Morgan fingerprint density at radius 2 is 2.37 bits per heavy atom. The molecule has 2 N–H and O–H groups in total. The van der Waals surface area contributed by atoms with E-state index in [0.717, 1.165) is 30.7 Å². The normalized spacial score (nSPS) is 19.6. The van der Waals surface area contributed by atoms with Crippen molar-refractivity contribution in [2.45, 2.75) is 12.8 Å². The second-order valence-electron chi connectivity index (χ2n) is 4.70. The van der Waals surface area contributed by atoms with E-state index in [0.29, 0.717) is 12.2 Å². The van der Waals surface area contributed by atoms with Crippen LogP contribution in [0.2, 0.25) is 0 Å². The van der Waals surface area contributed by atoms with Crippen molar-refractivity contribution in [1.29, 1.82) is 0 Å². The topological polar surface area (TPSA) is 86.8 Å². The number of nitrogens with one attached hydrogen (secondary N) is 2. The molecule has 100 valence electrons. The zero-order valence-electron chi connectivity index (χ0n) is 10.8. The van der Waals surface area contributed by atoms with Crippen molar-refractivity contribution >= 4 is 22.9 Å². The van der Waals surface area contributed by atoms with Crippen molar-refractivity contribution in [2.75, 3.05) is 25.0 Å². The Kier molecular flexibility index (Phi) is 3.02. The van der Waals surface area contributed by atoms with E-state index in [1.807, 2.05) is 0 Å². The van der Waals surface area contributed by atoms with E-state index >= 15 is 0 Å². The molecular weight excluding hydrogens is 244 g/mol. The molecule has 0 radical (unpaired) electrons. The molecule has 1 aliphatic rings. The maximum atomic E-state index is 11.8. The monoisotopic (exact) mass is 260 g/mol. The van der Waals surface area contributed by atoms with Gasteiger partial charge in [-0.05, 0) is 12.8 Å². The van der Waals surface area contributed by atoms with Gasteiger partial charge in [-0.25, -0.2) is 15.0 Å². The van der Waals surface area contributed by atoms with Crippen LogP contribution in [0.15, 0.2) is 12.7 Å². The summed E-state index contributed by atoms with van der Waals surface area (Å²) in [5.41, 5.74) is 1.49. The van der Waals surface area contributed by atoms with Crippen LogP contribution in [-0.4, -0.2) is 46.0 Å². The number of nitrogens with zero attached hydrogens (tertiary/aromatic N) is 4. The van der Waals surface area contributed by atoms with E-state index in [2.05, 4.69) is 30.2 Å². The molecule has 0 aromatic carbocycles. The molecule has 0 unspecified atom stereocenters. The molecule has 7 heteroatoms. The summed E-state index contributed by atoms with van der Waals surface area (Å²) in [6, 6.07) is 0. The van der Waals surface area contributed by atoms with Gasteiger partial charge in [-0.3, -0.25) is 4.79 Å². The Morgan fingerprint density at radius 1 is 1.47 bits per heavy atom. The number of anilines is 1. The standard InChI is InChI=1S/C12H16N6O/c1-13-12(19)8-3-2-4-18(5-8)11-9-10(15-6-14-9)16-7-17-11/h6-8H,2-5H2,1H3,(H,13,19)(H,14,15,16,17)/t8-/m1/s1. The highest BCUT2D eigenvalue weighted by Crippen LogP contribution is 2.25. The minimum atomic E-state index is 0.0201. The third kappa shape index (κ3) is 2.11. The first kappa shape index (κ1) is 11.9. The van der Waals surface area contributed by atoms with Crippen LogP contribution in [0.5, 0.6) is 0 Å². The first-order valence-electron chi connectivity index (χ1n) is 6.40. The van der Waals surface area contributed by atoms with Gasteiger partial charge in [-0.2, -0.15) is 0 Å². The molecule has 0 bridgehead atoms. The number of imidazole rings is 1. The minimum Gasteiger partial charge on any atom is -0.359 e. The van der Waals surface area contributed by atoms with E-state index < -0.39 is 0 Å². The molecule has 1 fully saturated rings. The van der Waals surface area contributed by atoms with E-state index in [1.54, 1.807) is 13.4 Å². The van der Waals surface area contributed by atoms with E-state index in [1.165, 1.54) is 6.33 Å². The summed E-state index contributed by atoms with van der Waals surface area (Å²) in [7, 11) is 1.68. The molecule has 0 saturated carbocycles. The van der Waals surface area contributed by atoms with Crippen molar-refractivity contribution in [1.82, 2.24) is 25.3 Å². The van der Waals surface area contributed by atoms with Crippen molar-refractivity contribution in [3.8, 4) is 0 Å². The van der Waals surface area contributed by atoms with Gasteiger partial charge < -0.3 is 15.2 Å². The van der Waals surface area contributed by atoms with Crippen LogP contribution in [0.25, 0.3) is 11.2 Å². The summed E-state index contributed by atoms with van der Waals surface area (Å²) in [4.78, 5) is 29.5. The molecule has 3 rings (SSSR count). The maximum Gasteiger partial charge on any atom is 0.224 e. The average Bonchev–Trinajstić information content (AvgIpc) is 2.94.